The number of hydrogen-bond acceptors (Lipinski definition) is 1. The standard InChI is InChI=1S/C5HF9O2.Li.H/c6-2(7,1(15)16)3(8,9)4(10,11)5(12,13)14;;/h(H,15,16);;/q;+1;-1. The molecule has 0 fully saturated rings. The molecule has 0 aromatic carbocycles. The van der Waals surface area contributed by atoms with E-state index >= 15 is 0 Å². The molecule has 0 bridgehead atoms. The summed E-state index contributed by atoms with van der Waals surface area (Å²) in [6.07, 6.45) is -7.00. The van der Waals surface area contributed by atoms with Crippen LogP contribution in [-0.4, -0.2) is 35.0 Å². The van der Waals surface area contributed by atoms with E-state index in [0.29, 0.717) is 0 Å². The van der Waals surface area contributed by atoms with Gasteiger partial charge in [0.1, 0.15) is 0 Å². The van der Waals surface area contributed by atoms with Gasteiger partial charge in [-0.2, -0.15) is 39.5 Å². The third-order valence-electron chi connectivity index (χ3n) is 1.41. The fraction of sp³-hybridized carbons (Fsp3) is 0.800. The quantitative estimate of drug-likeness (QED) is 0.563. The Balaban J connectivity index is -0.00000112. The number of carbonyl (C=O) groups is 1. The summed E-state index contributed by atoms with van der Waals surface area (Å²) in [5.41, 5.74) is 0. The predicted molar refractivity (Wildman–Crippen MR) is 29.6 cm³/mol. The minimum absolute atomic E-state index is 0. The minimum atomic E-state index is -7.16. The van der Waals surface area contributed by atoms with Gasteiger partial charge in [-0.05, 0) is 0 Å². The molecule has 2 nitrogen and oxygen atoms in total. The molecule has 0 saturated heterocycles. The third-order valence-corrected chi connectivity index (χ3v) is 1.41. The fourth-order valence-electron chi connectivity index (χ4n) is 0.509. The van der Waals surface area contributed by atoms with Crippen LogP contribution < -0.4 is 18.9 Å². The molecule has 0 heterocycles. The second kappa shape index (κ2) is 4.60. The Labute approximate surface area is 100 Å². The van der Waals surface area contributed by atoms with E-state index in [-0.39, 0.29) is 20.3 Å². The Morgan fingerprint density at radius 1 is 0.824 bits per heavy atom. The number of aliphatic carboxylic acids is 1. The van der Waals surface area contributed by atoms with Crippen molar-refractivity contribution >= 4 is 5.97 Å². The molecule has 0 saturated carbocycles. The Bertz CT molecular complexity index is 302. The molecule has 0 unspecified atom stereocenters. The second-order valence-electron chi connectivity index (χ2n) is 2.53. The SMILES string of the molecule is O=C(O)C(F)(F)C(F)(F)C(F)(F)C(F)(F)F.[H-].[Li+]. The normalized spacial score (nSPS) is 14.2. The van der Waals surface area contributed by atoms with Gasteiger partial charge >= 0.3 is 48.8 Å². The first-order valence-electron chi connectivity index (χ1n) is 3.13. The zero-order valence-corrected chi connectivity index (χ0v) is 7.76. The van der Waals surface area contributed by atoms with Crippen LogP contribution in [0.5, 0.6) is 0 Å². The maximum atomic E-state index is 12.1. The summed E-state index contributed by atoms with van der Waals surface area (Å²) in [5, 5.41) is 7.48. The molecule has 17 heavy (non-hydrogen) atoms. The molecule has 0 aliphatic rings. The van der Waals surface area contributed by atoms with Gasteiger partial charge in [0.05, 0.1) is 0 Å². The minimum Gasteiger partial charge on any atom is -1.00 e. The van der Waals surface area contributed by atoms with Crippen LogP contribution in [0.15, 0.2) is 0 Å². The summed E-state index contributed by atoms with van der Waals surface area (Å²) < 4.78 is 106. The van der Waals surface area contributed by atoms with Crippen molar-refractivity contribution in [3.05, 3.63) is 0 Å². The van der Waals surface area contributed by atoms with Crippen molar-refractivity contribution in [3.63, 3.8) is 0 Å². The topological polar surface area (TPSA) is 37.3 Å². The van der Waals surface area contributed by atoms with Crippen molar-refractivity contribution in [2.45, 2.75) is 23.9 Å². The first-order valence-corrected chi connectivity index (χ1v) is 3.13. The first kappa shape index (κ1) is 18.8. The summed E-state index contributed by atoms with van der Waals surface area (Å²) >= 11 is 0. The average Bonchev–Trinajstić information content (AvgIpc) is 2.00. The Kier molecular flexibility index (Phi) is 5.09. The van der Waals surface area contributed by atoms with Crippen molar-refractivity contribution in [3.8, 4) is 0 Å². The molecule has 98 valence electrons. The van der Waals surface area contributed by atoms with Crippen LogP contribution in [0.25, 0.3) is 0 Å². The van der Waals surface area contributed by atoms with Gasteiger partial charge in [0.2, 0.25) is 0 Å². The molecule has 0 aliphatic carbocycles. The zero-order chi connectivity index (χ0) is 13.6. The van der Waals surface area contributed by atoms with Crippen molar-refractivity contribution in [2.24, 2.45) is 0 Å². The van der Waals surface area contributed by atoms with E-state index < -0.39 is 29.9 Å². The van der Waals surface area contributed by atoms with Crippen LogP contribution in [0.4, 0.5) is 39.5 Å². The molecule has 0 atom stereocenters. The summed E-state index contributed by atoms with van der Waals surface area (Å²) in [7, 11) is 0. The summed E-state index contributed by atoms with van der Waals surface area (Å²) in [4.78, 5) is 9.51. The van der Waals surface area contributed by atoms with Crippen molar-refractivity contribution in [1.29, 1.82) is 0 Å². The van der Waals surface area contributed by atoms with E-state index in [1.165, 1.54) is 0 Å². The first-order chi connectivity index (χ1) is 6.69. The Hall–Kier alpha value is -0.563. The molecular weight excluding hydrogens is 270 g/mol. The van der Waals surface area contributed by atoms with Gasteiger partial charge in [0, 0.05) is 0 Å². The smallest absolute Gasteiger partial charge is 1.00 e. The zero-order valence-electron chi connectivity index (χ0n) is 8.76. The van der Waals surface area contributed by atoms with E-state index in [2.05, 4.69) is 0 Å². The molecule has 1 N–H and O–H groups in total. The molecule has 0 rings (SSSR count). The van der Waals surface area contributed by atoms with Crippen molar-refractivity contribution in [1.82, 2.24) is 0 Å². The van der Waals surface area contributed by atoms with Gasteiger partial charge in [-0.3, -0.25) is 0 Å². The number of carboxylic acids is 1. The van der Waals surface area contributed by atoms with Crippen LogP contribution in [-0.2, 0) is 4.79 Å². The molecule has 0 aromatic rings. The van der Waals surface area contributed by atoms with E-state index in [1.807, 2.05) is 0 Å². The van der Waals surface area contributed by atoms with Gasteiger partial charge in [0.15, 0.2) is 0 Å². The van der Waals surface area contributed by atoms with Crippen molar-refractivity contribution < 1.29 is 69.7 Å². The van der Waals surface area contributed by atoms with E-state index in [1.54, 1.807) is 0 Å². The molecule has 12 heteroatoms. The van der Waals surface area contributed by atoms with Crippen LogP contribution in [0.1, 0.15) is 1.43 Å². The van der Waals surface area contributed by atoms with E-state index in [9.17, 15) is 44.3 Å². The molecule has 0 spiro atoms. The van der Waals surface area contributed by atoms with Crippen LogP contribution >= 0.6 is 0 Å². The predicted octanol–water partition coefficient (Wildman–Crippen LogP) is -0.344. The Morgan fingerprint density at radius 2 is 1.12 bits per heavy atom. The number of alkyl halides is 9. The summed E-state index contributed by atoms with van der Waals surface area (Å²) in [6, 6.07) is 0. The van der Waals surface area contributed by atoms with Crippen LogP contribution in [0, 0.1) is 0 Å². The second-order valence-corrected chi connectivity index (χ2v) is 2.53. The van der Waals surface area contributed by atoms with Gasteiger partial charge in [0.25, 0.3) is 0 Å². The van der Waals surface area contributed by atoms with Crippen LogP contribution in [0.3, 0.4) is 0 Å². The van der Waals surface area contributed by atoms with Crippen LogP contribution in [0.2, 0.25) is 0 Å². The maximum Gasteiger partial charge on any atom is 1.00 e. The summed E-state index contributed by atoms with van der Waals surface area (Å²) in [5.74, 6) is -24.6. The molecular formula is C5H2F9LiO2. The van der Waals surface area contributed by atoms with E-state index in [4.69, 9.17) is 5.11 Å². The number of halogens is 9. The summed E-state index contributed by atoms with van der Waals surface area (Å²) in [6.45, 7) is 0. The van der Waals surface area contributed by atoms with E-state index in [0.717, 1.165) is 0 Å². The number of rotatable bonds is 3. The largest absolute Gasteiger partial charge is 1.00 e. The van der Waals surface area contributed by atoms with Gasteiger partial charge in [-0.15, -0.1) is 0 Å². The third kappa shape index (κ3) is 2.65. The molecule has 0 aromatic heterocycles. The number of hydrogen-bond donors (Lipinski definition) is 1. The maximum absolute atomic E-state index is 12.1. The molecule has 0 aliphatic heterocycles. The fourth-order valence-corrected chi connectivity index (χ4v) is 0.509. The average molecular weight is 272 g/mol. The van der Waals surface area contributed by atoms with Crippen molar-refractivity contribution in [2.75, 3.05) is 0 Å². The Morgan fingerprint density at radius 3 is 1.29 bits per heavy atom. The molecule has 0 radical (unpaired) electrons. The van der Waals surface area contributed by atoms with Gasteiger partial charge < -0.3 is 6.53 Å². The van der Waals surface area contributed by atoms with Gasteiger partial charge in [-0.25, -0.2) is 4.79 Å². The number of carboxylic acid groups (broad SMARTS) is 1. The van der Waals surface area contributed by atoms with Gasteiger partial charge in [-0.1, -0.05) is 0 Å². The molecule has 0 amide bonds. The monoisotopic (exact) mass is 272 g/mol.